The molecule has 0 aliphatic heterocycles. The average Bonchev–Trinajstić information content (AvgIpc) is 2.06. The van der Waals surface area contributed by atoms with Gasteiger partial charge in [0.05, 0.1) is 6.42 Å². The number of ether oxygens (including phenoxy) is 3. The molecule has 5 nitrogen and oxygen atoms in total. The number of rotatable bonds is 7. The number of ketones is 2. The van der Waals surface area contributed by atoms with Crippen molar-refractivity contribution in [2.75, 3.05) is 27.9 Å². The predicted molar refractivity (Wildman–Crippen MR) is 44.3 cm³/mol. The van der Waals surface area contributed by atoms with Gasteiger partial charge in [0.15, 0.2) is 11.6 Å². The fourth-order valence-corrected chi connectivity index (χ4v) is 0.849. The van der Waals surface area contributed by atoms with Crippen LogP contribution in [0.25, 0.3) is 0 Å². The standard InChI is InChI=1S/C8H14O5/c1-11-5-6(9)4-7(10)8(12-2)13-3/h8H,4-5H2,1-3H3. The van der Waals surface area contributed by atoms with Gasteiger partial charge in [-0.2, -0.15) is 0 Å². The van der Waals surface area contributed by atoms with E-state index in [0.29, 0.717) is 0 Å². The third-order valence-electron chi connectivity index (χ3n) is 1.37. The van der Waals surface area contributed by atoms with Gasteiger partial charge in [-0.3, -0.25) is 9.59 Å². The smallest absolute Gasteiger partial charge is 0.217 e. The summed E-state index contributed by atoms with van der Waals surface area (Å²) in [6.07, 6.45) is -1.18. The number of carbonyl (C=O) groups is 2. The molecule has 0 radical (unpaired) electrons. The minimum atomic E-state index is -0.958. The Morgan fingerprint density at radius 2 is 1.69 bits per heavy atom. The van der Waals surface area contributed by atoms with Crippen LogP contribution in [-0.2, 0) is 23.8 Å². The quantitative estimate of drug-likeness (QED) is 0.410. The first-order chi connectivity index (χ1) is 6.15. The van der Waals surface area contributed by atoms with Gasteiger partial charge in [0.25, 0.3) is 0 Å². The van der Waals surface area contributed by atoms with Gasteiger partial charge in [0.2, 0.25) is 6.29 Å². The van der Waals surface area contributed by atoms with E-state index in [2.05, 4.69) is 14.2 Å². The molecule has 0 rings (SSSR count). The lowest BCUT2D eigenvalue weighted by atomic mass is 10.2. The van der Waals surface area contributed by atoms with Crippen molar-refractivity contribution in [2.24, 2.45) is 0 Å². The molecule has 76 valence electrons. The molecule has 0 aromatic rings. The summed E-state index contributed by atoms with van der Waals surface area (Å²) in [5.41, 5.74) is 0. The van der Waals surface area contributed by atoms with E-state index in [1.807, 2.05) is 0 Å². The SMILES string of the molecule is COCC(=O)CC(=O)C(OC)OC. The molecule has 0 aliphatic rings. The van der Waals surface area contributed by atoms with Crippen LogP contribution in [0, 0.1) is 0 Å². The van der Waals surface area contributed by atoms with Gasteiger partial charge >= 0.3 is 0 Å². The molecular formula is C8H14O5. The maximum Gasteiger partial charge on any atom is 0.217 e. The third kappa shape index (κ3) is 4.72. The first kappa shape index (κ1) is 12.2. The normalized spacial score (nSPS) is 10.5. The number of hydrogen-bond acceptors (Lipinski definition) is 5. The first-order valence-electron chi connectivity index (χ1n) is 3.74. The van der Waals surface area contributed by atoms with Crippen LogP contribution in [0.3, 0.4) is 0 Å². The van der Waals surface area contributed by atoms with Crippen molar-refractivity contribution in [3.05, 3.63) is 0 Å². The van der Waals surface area contributed by atoms with Gasteiger partial charge in [-0.1, -0.05) is 0 Å². The molecule has 0 spiro atoms. The summed E-state index contributed by atoms with van der Waals surface area (Å²) in [4.78, 5) is 22.1. The van der Waals surface area contributed by atoms with Crippen molar-refractivity contribution in [2.45, 2.75) is 12.7 Å². The third-order valence-corrected chi connectivity index (χ3v) is 1.37. The van der Waals surface area contributed by atoms with Crippen LogP contribution in [0.2, 0.25) is 0 Å². The highest BCUT2D eigenvalue weighted by molar-refractivity contribution is 6.01. The number of carbonyl (C=O) groups excluding carboxylic acids is 2. The number of Topliss-reactive ketones (excluding diaryl/α,β-unsaturated/α-hetero) is 2. The van der Waals surface area contributed by atoms with Gasteiger partial charge in [-0.25, -0.2) is 0 Å². The first-order valence-corrected chi connectivity index (χ1v) is 3.74. The van der Waals surface area contributed by atoms with Crippen LogP contribution in [-0.4, -0.2) is 45.8 Å². The van der Waals surface area contributed by atoms with Gasteiger partial charge in [-0.15, -0.1) is 0 Å². The van der Waals surface area contributed by atoms with E-state index < -0.39 is 12.1 Å². The van der Waals surface area contributed by atoms with E-state index in [-0.39, 0.29) is 18.8 Å². The van der Waals surface area contributed by atoms with Crippen LogP contribution in [0.15, 0.2) is 0 Å². The molecule has 0 unspecified atom stereocenters. The van der Waals surface area contributed by atoms with Crippen LogP contribution in [0.1, 0.15) is 6.42 Å². The van der Waals surface area contributed by atoms with Crippen LogP contribution in [0.4, 0.5) is 0 Å². The summed E-state index contributed by atoms with van der Waals surface area (Å²) in [5, 5.41) is 0. The van der Waals surface area contributed by atoms with E-state index in [0.717, 1.165) is 0 Å². The lowest BCUT2D eigenvalue weighted by Gasteiger charge is -2.10. The molecule has 0 aromatic heterocycles. The topological polar surface area (TPSA) is 61.8 Å². The molecule has 0 saturated heterocycles. The lowest BCUT2D eigenvalue weighted by Crippen LogP contribution is -2.27. The Labute approximate surface area is 77.0 Å². The molecular weight excluding hydrogens is 176 g/mol. The van der Waals surface area contributed by atoms with Crippen LogP contribution >= 0.6 is 0 Å². The fraction of sp³-hybridized carbons (Fsp3) is 0.750. The van der Waals surface area contributed by atoms with Gasteiger partial charge in [0.1, 0.15) is 6.61 Å². The average molecular weight is 190 g/mol. The maximum atomic E-state index is 11.2. The summed E-state index contributed by atoms with van der Waals surface area (Å²) < 4.78 is 13.9. The second-order valence-electron chi connectivity index (χ2n) is 2.42. The Morgan fingerprint density at radius 3 is 2.08 bits per heavy atom. The van der Waals surface area contributed by atoms with Gasteiger partial charge in [-0.05, 0) is 0 Å². The summed E-state index contributed by atoms with van der Waals surface area (Å²) in [5.74, 6) is -0.682. The second-order valence-corrected chi connectivity index (χ2v) is 2.42. The number of hydrogen-bond donors (Lipinski definition) is 0. The van der Waals surface area contributed by atoms with Crippen molar-refractivity contribution < 1.29 is 23.8 Å². The van der Waals surface area contributed by atoms with Crippen molar-refractivity contribution in [1.29, 1.82) is 0 Å². The van der Waals surface area contributed by atoms with E-state index in [1.54, 1.807) is 0 Å². The van der Waals surface area contributed by atoms with Crippen LogP contribution in [0.5, 0.6) is 0 Å². The molecule has 0 bridgehead atoms. The molecule has 0 atom stereocenters. The van der Waals surface area contributed by atoms with Crippen LogP contribution < -0.4 is 0 Å². The highest BCUT2D eigenvalue weighted by Crippen LogP contribution is 1.98. The van der Waals surface area contributed by atoms with Crippen molar-refractivity contribution in [3.8, 4) is 0 Å². The molecule has 0 N–H and O–H groups in total. The Hall–Kier alpha value is -0.780. The molecule has 0 aliphatic carbocycles. The van der Waals surface area contributed by atoms with Crippen molar-refractivity contribution in [1.82, 2.24) is 0 Å². The predicted octanol–water partition coefficient (Wildman–Crippen LogP) is -0.220. The van der Waals surface area contributed by atoms with Gasteiger partial charge < -0.3 is 14.2 Å². The molecule has 0 amide bonds. The summed E-state index contributed by atoms with van der Waals surface area (Å²) in [6, 6.07) is 0. The van der Waals surface area contributed by atoms with E-state index in [1.165, 1.54) is 21.3 Å². The Kier molecular flexibility index (Phi) is 6.30. The summed E-state index contributed by atoms with van der Waals surface area (Å²) >= 11 is 0. The molecule has 5 heteroatoms. The molecule has 0 aromatic carbocycles. The largest absolute Gasteiger partial charge is 0.377 e. The zero-order valence-corrected chi connectivity index (χ0v) is 8.03. The monoisotopic (exact) mass is 190 g/mol. The van der Waals surface area contributed by atoms with E-state index in [4.69, 9.17) is 0 Å². The Balaban J connectivity index is 3.90. The van der Waals surface area contributed by atoms with Crippen molar-refractivity contribution >= 4 is 11.6 Å². The minimum absolute atomic E-state index is 0.0636. The van der Waals surface area contributed by atoms with E-state index in [9.17, 15) is 9.59 Å². The zero-order valence-electron chi connectivity index (χ0n) is 8.03. The highest BCUT2D eigenvalue weighted by atomic mass is 16.7. The molecule has 0 saturated carbocycles. The fourth-order valence-electron chi connectivity index (χ4n) is 0.849. The molecule has 0 heterocycles. The lowest BCUT2D eigenvalue weighted by molar-refractivity contribution is -0.158. The minimum Gasteiger partial charge on any atom is -0.377 e. The molecule has 13 heavy (non-hydrogen) atoms. The highest BCUT2D eigenvalue weighted by Gasteiger charge is 2.19. The second kappa shape index (κ2) is 6.71. The maximum absolute atomic E-state index is 11.2. The number of methoxy groups -OCH3 is 3. The Bertz CT molecular complexity index is 173. The zero-order chi connectivity index (χ0) is 10.3. The summed E-state index contributed by atoms with van der Waals surface area (Å²) in [7, 11) is 4.08. The van der Waals surface area contributed by atoms with E-state index >= 15 is 0 Å². The van der Waals surface area contributed by atoms with Gasteiger partial charge in [0, 0.05) is 21.3 Å². The Morgan fingerprint density at radius 1 is 1.15 bits per heavy atom. The van der Waals surface area contributed by atoms with Crippen molar-refractivity contribution in [3.63, 3.8) is 0 Å². The molecule has 0 fully saturated rings. The summed E-state index contributed by atoms with van der Waals surface area (Å²) in [6.45, 7) is -0.0636.